The minimum atomic E-state index is -4.53. The first-order valence-corrected chi connectivity index (χ1v) is 24.1. The van der Waals surface area contributed by atoms with E-state index in [2.05, 4.69) is 62.5 Å². The summed E-state index contributed by atoms with van der Waals surface area (Å²) in [6, 6.07) is 0. The maximum atomic E-state index is 12.6. The molecular formula is C46H85O9P. The van der Waals surface area contributed by atoms with Crippen LogP contribution >= 0.6 is 7.82 Å². The molecule has 0 rings (SSSR count). The Labute approximate surface area is 343 Å². The van der Waals surface area contributed by atoms with Gasteiger partial charge in [0.25, 0.3) is 0 Å². The fourth-order valence-corrected chi connectivity index (χ4v) is 6.84. The molecule has 0 bridgehead atoms. The fraction of sp³-hybridized carbons (Fsp3) is 0.804. The van der Waals surface area contributed by atoms with E-state index in [0.717, 1.165) is 44.9 Å². The molecule has 0 aromatic rings. The standard InChI is InChI=1S/C46H85O9P/c1-3-5-7-9-11-13-15-17-19-21-23-25-27-29-31-33-35-37-39-52-42-45(43-54-56(50,51)53-41-44(48)40-47)55-46(49)38-36-34-32-30-28-26-24-22-20-18-16-14-12-10-8-6-4-2/h12,14,18,20,24,26,30,32,44-45,47-48H,3-11,13,15-17,19,21-23,25,27-29,31,33-43H2,1-2H3,(H,50,51)/b14-12-,20-18-,26-24-,32-30-/t44-,45+/m0/s1. The predicted octanol–water partition coefficient (Wildman–Crippen LogP) is 12.6. The third kappa shape index (κ3) is 42.0. The molecule has 3 atom stereocenters. The van der Waals surface area contributed by atoms with Gasteiger partial charge in [-0.25, -0.2) is 4.57 Å². The number of aliphatic hydroxyl groups excluding tert-OH is 2. The molecule has 0 aliphatic carbocycles. The van der Waals surface area contributed by atoms with Crippen molar-refractivity contribution >= 4 is 13.8 Å². The van der Waals surface area contributed by atoms with E-state index in [4.69, 9.17) is 23.6 Å². The Hall–Kier alpha value is -1.58. The van der Waals surface area contributed by atoms with Crippen molar-refractivity contribution in [1.29, 1.82) is 0 Å². The Balaban J connectivity index is 4.22. The summed E-state index contributed by atoms with van der Waals surface area (Å²) in [4.78, 5) is 22.6. The van der Waals surface area contributed by atoms with E-state index in [1.165, 1.54) is 122 Å². The Morgan fingerprint density at radius 1 is 0.554 bits per heavy atom. The average Bonchev–Trinajstić information content (AvgIpc) is 3.19. The minimum absolute atomic E-state index is 0.0289. The second kappa shape index (κ2) is 43.0. The number of esters is 1. The zero-order valence-electron chi connectivity index (χ0n) is 35.8. The van der Waals surface area contributed by atoms with Crippen molar-refractivity contribution in [2.75, 3.05) is 33.0 Å². The quantitative estimate of drug-likeness (QED) is 0.0238. The third-order valence-electron chi connectivity index (χ3n) is 9.52. The molecule has 0 radical (unpaired) electrons. The van der Waals surface area contributed by atoms with Gasteiger partial charge in [0, 0.05) is 13.0 Å². The number of hydrogen-bond acceptors (Lipinski definition) is 8. The van der Waals surface area contributed by atoms with Crippen molar-refractivity contribution in [2.24, 2.45) is 0 Å². The van der Waals surface area contributed by atoms with E-state index in [0.29, 0.717) is 13.0 Å². The summed E-state index contributed by atoms with van der Waals surface area (Å²) in [5.74, 6) is -0.435. The lowest BCUT2D eigenvalue weighted by Crippen LogP contribution is -2.29. The third-order valence-corrected chi connectivity index (χ3v) is 10.5. The molecule has 56 heavy (non-hydrogen) atoms. The highest BCUT2D eigenvalue weighted by Gasteiger charge is 2.26. The van der Waals surface area contributed by atoms with Crippen LogP contribution in [0.15, 0.2) is 48.6 Å². The van der Waals surface area contributed by atoms with Gasteiger partial charge in [-0.3, -0.25) is 13.8 Å². The molecule has 0 saturated carbocycles. The molecule has 0 fully saturated rings. The van der Waals surface area contributed by atoms with Crippen molar-refractivity contribution in [3.8, 4) is 0 Å². The summed E-state index contributed by atoms with van der Waals surface area (Å²) in [7, 11) is -4.53. The zero-order valence-corrected chi connectivity index (χ0v) is 36.7. The molecule has 0 aromatic heterocycles. The van der Waals surface area contributed by atoms with Crippen molar-refractivity contribution in [3.63, 3.8) is 0 Å². The van der Waals surface area contributed by atoms with Gasteiger partial charge in [0.2, 0.25) is 0 Å². The summed E-state index contributed by atoms with van der Waals surface area (Å²) < 4.78 is 33.3. The number of allylic oxidation sites excluding steroid dienone is 8. The van der Waals surface area contributed by atoms with Gasteiger partial charge < -0.3 is 24.6 Å². The summed E-state index contributed by atoms with van der Waals surface area (Å²) in [6.45, 7) is 3.44. The first kappa shape index (κ1) is 54.4. The second-order valence-electron chi connectivity index (χ2n) is 15.1. The Kier molecular flexibility index (Phi) is 41.8. The lowest BCUT2D eigenvalue weighted by molar-refractivity contribution is -0.154. The summed E-state index contributed by atoms with van der Waals surface area (Å²) >= 11 is 0. The van der Waals surface area contributed by atoms with Gasteiger partial charge in [0.15, 0.2) is 0 Å². The lowest BCUT2D eigenvalue weighted by Gasteiger charge is -2.20. The van der Waals surface area contributed by atoms with Crippen LogP contribution in [0.1, 0.15) is 194 Å². The molecule has 328 valence electrons. The average molecular weight is 813 g/mol. The number of aliphatic hydroxyl groups is 2. The van der Waals surface area contributed by atoms with Gasteiger partial charge in [-0.05, 0) is 51.4 Å². The molecule has 0 spiro atoms. The number of ether oxygens (including phenoxy) is 2. The normalized spacial score (nSPS) is 14.4. The van der Waals surface area contributed by atoms with Crippen LogP contribution in [0.25, 0.3) is 0 Å². The molecule has 0 heterocycles. The van der Waals surface area contributed by atoms with E-state index in [1.807, 2.05) is 0 Å². The number of carbonyl (C=O) groups is 1. The highest BCUT2D eigenvalue weighted by Crippen LogP contribution is 2.43. The van der Waals surface area contributed by atoms with Crippen LogP contribution in [-0.2, 0) is 27.9 Å². The smallest absolute Gasteiger partial charge is 0.457 e. The van der Waals surface area contributed by atoms with Crippen molar-refractivity contribution < 1.29 is 43.0 Å². The summed E-state index contributed by atoms with van der Waals surface area (Å²) in [6.07, 6.45) is 47.9. The highest BCUT2D eigenvalue weighted by molar-refractivity contribution is 7.47. The Morgan fingerprint density at radius 2 is 0.964 bits per heavy atom. The van der Waals surface area contributed by atoms with E-state index in [1.54, 1.807) is 0 Å². The molecule has 0 amide bonds. The number of unbranched alkanes of at least 4 members (excludes halogenated alkanes) is 21. The second-order valence-corrected chi connectivity index (χ2v) is 16.5. The van der Waals surface area contributed by atoms with Crippen LogP contribution in [-0.4, -0.2) is 66.3 Å². The number of hydrogen-bond donors (Lipinski definition) is 3. The van der Waals surface area contributed by atoms with Crippen LogP contribution in [0.3, 0.4) is 0 Å². The van der Waals surface area contributed by atoms with Crippen molar-refractivity contribution in [3.05, 3.63) is 48.6 Å². The van der Waals surface area contributed by atoms with Crippen molar-refractivity contribution in [1.82, 2.24) is 0 Å². The van der Waals surface area contributed by atoms with Gasteiger partial charge in [0.05, 0.1) is 26.4 Å². The number of phosphoric ester groups is 1. The molecule has 0 saturated heterocycles. The van der Waals surface area contributed by atoms with Crippen LogP contribution < -0.4 is 0 Å². The lowest BCUT2D eigenvalue weighted by atomic mass is 10.0. The van der Waals surface area contributed by atoms with E-state index >= 15 is 0 Å². The fourth-order valence-electron chi connectivity index (χ4n) is 6.05. The Bertz CT molecular complexity index is 1010. The number of phosphoric acid groups is 1. The molecular weight excluding hydrogens is 727 g/mol. The molecule has 1 unspecified atom stereocenters. The molecule has 0 aromatic carbocycles. The topological polar surface area (TPSA) is 132 Å². The van der Waals surface area contributed by atoms with Crippen LogP contribution in [0.5, 0.6) is 0 Å². The SMILES string of the molecule is CCCCC/C=C\C/C=C\C/C=C\C/C=C\CCCC(=O)O[C@H](COCCCCCCCCCCCCCCCCCCCC)COP(=O)(O)OC[C@@H](O)CO. The predicted molar refractivity (Wildman–Crippen MR) is 233 cm³/mol. The van der Waals surface area contributed by atoms with Crippen LogP contribution in [0.2, 0.25) is 0 Å². The molecule has 9 nitrogen and oxygen atoms in total. The Morgan fingerprint density at radius 3 is 1.45 bits per heavy atom. The zero-order chi connectivity index (χ0) is 41.1. The minimum Gasteiger partial charge on any atom is -0.457 e. The highest BCUT2D eigenvalue weighted by atomic mass is 31.2. The summed E-state index contributed by atoms with van der Waals surface area (Å²) in [5, 5.41) is 18.4. The van der Waals surface area contributed by atoms with Gasteiger partial charge in [-0.15, -0.1) is 0 Å². The van der Waals surface area contributed by atoms with Gasteiger partial charge in [0.1, 0.15) is 12.2 Å². The maximum Gasteiger partial charge on any atom is 0.472 e. The largest absolute Gasteiger partial charge is 0.472 e. The van der Waals surface area contributed by atoms with E-state index in [9.17, 15) is 19.4 Å². The van der Waals surface area contributed by atoms with Crippen molar-refractivity contribution in [2.45, 2.75) is 206 Å². The van der Waals surface area contributed by atoms with E-state index < -0.39 is 45.8 Å². The molecule has 3 N–H and O–H groups in total. The molecule has 0 aliphatic rings. The van der Waals surface area contributed by atoms with Crippen LogP contribution in [0, 0.1) is 0 Å². The van der Waals surface area contributed by atoms with Gasteiger partial charge in [-0.1, -0.05) is 184 Å². The molecule has 0 aliphatic heterocycles. The van der Waals surface area contributed by atoms with Gasteiger partial charge >= 0.3 is 13.8 Å². The van der Waals surface area contributed by atoms with Crippen LogP contribution in [0.4, 0.5) is 0 Å². The first-order valence-electron chi connectivity index (χ1n) is 22.6. The number of rotatable bonds is 43. The monoisotopic (exact) mass is 813 g/mol. The molecule has 10 heteroatoms. The van der Waals surface area contributed by atoms with Gasteiger partial charge in [-0.2, -0.15) is 0 Å². The first-order chi connectivity index (χ1) is 27.3. The summed E-state index contributed by atoms with van der Waals surface area (Å²) in [5.41, 5.74) is 0. The number of carbonyl (C=O) groups excluding carboxylic acids is 1. The van der Waals surface area contributed by atoms with E-state index in [-0.39, 0.29) is 13.0 Å². The maximum absolute atomic E-state index is 12.6.